The number of esters is 1. The molecule has 2 aromatic carbocycles. The van der Waals surface area contributed by atoms with E-state index in [0.29, 0.717) is 17.7 Å². The average Bonchev–Trinajstić information content (AvgIpc) is 3.18. The molecule has 0 spiro atoms. The molecular formula is C25H26F3NO8S. The molecule has 9 nitrogen and oxygen atoms in total. The van der Waals surface area contributed by atoms with Crippen LogP contribution in [0.2, 0.25) is 0 Å². The second-order valence-corrected chi connectivity index (χ2v) is 10.2. The molecule has 0 aromatic heterocycles. The lowest BCUT2D eigenvalue weighted by atomic mass is 9.76. The van der Waals surface area contributed by atoms with Gasteiger partial charge in [-0.25, -0.2) is 9.59 Å². The molecule has 206 valence electrons. The maximum Gasteiger partial charge on any atom is 0.416 e. The molecule has 1 aliphatic rings. The van der Waals surface area contributed by atoms with E-state index >= 15 is 0 Å². The van der Waals surface area contributed by atoms with Crippen molar-refractivity contribution >= 4 is 22.2 Å². The summed E-state index contributed by atoms with van der Waals surface area (Å²) in [6, 6.07) is 9.79. The lowest BCUT2D eigenvalue weighted by molar-refractivity contribution is -0.151. The summed E-state index contributed by atoms with van der Waals surface area (Å²) in [6.07, 6.45) is -5.97. The van der Waals surface area contributed by atoms with E-state index in [4.69, 9.17) is 13.7 Å². The largest absolute Gasteiger partial charge is 0.467 e. The Morgan fingerprint density at radius 1 is 1.16 bits per heavy atom. The summed E-state index contributed by atoms with van der Waals surface area (Å²) in [5.41, 5.74) is -2.11. The van der Waals surface area contributed by atoms with Crippen molar-refractivity contribution in [3.05, 3.63) is 78.4 Å². The van der Waals surface area contributed by atoms with Gasteiger partial charge in [0.15, 0.2) is 0 Å². The van der Waals surface area contributed by atoms with Crippen LogP contribution in [0.5, 0.6) is 0 Å². The van der Waals surface area contributed by atoms with Gasteiger partial charge in [-0.2, -0.15) is 21.6 Å². The third-order valence-electron chi connectivity index (χ3n) is 6.23. The topological polar surface area (TPSA) is 119 Å². The fourth-order valence-corrected chi connectivity index (χ4v) is 5.22. The van der Waals surface area contributed by atoms with Crippen LogP contribution in [0.15, 0.2) is 72.1 Å². The van der Waals surface area contributed by atoms with Crippen molar-refractivity contribution in [2.45, 2.75) is 36.2 Å². The Morgan fingerprint density at radius 3 is 2.34 bits per heavy atom. The Bertz CT molecular complexity index is 1250. The van der Waals surface area contributed by atoms with Crippen LogP contribution in [0.3, 0.4) is 0 Å². The summed E-state index contributed by atoms with van der Waals surface area (Å²) < 4.78 is 79.4. The normalized spacial score (nSPS) is 21.7. The number of alkyl halides is 3. The first-order valence-electron chi connectivity index (χ1n) is 11.3. The second-order valence-electron chi connectivity index (χ2n) is 8.60. The molecule has 3 rings (SSSR count). The summed E-state index contributed by atoms with van der Waals surface area (Å²) in [7, 11) is -3.57. The number of rotatable bonds is 9. The first-order chi connectivity index (χ1) is 17.9. The van der Waals surface area contributed by atoms with Crippen LogP contribution in [-0.4, -0.2) is 62.9 Å². The summed E-state index contributed by atoms with van der Waals surface area (Å²) in [6.45, 7) is 2.24. The van der Waals surface area contributed by atoms with E-state index in [1.165, 1.54) is 6.08 Å². The number of methoxy groups -OCH3 is 1. The third-order valence-corrected chi connectivity index (χ3v) is 7.51. The number of benzene rings is 2. The highest BCUT2D eigenvalue weighted by molar-refractivity contribution is 7.86. The molecule has 0 aliphatic carbocycles. The minimum absolute atomic E-state index is 0.132. The number of halogens is 3. The number of allylic oxidation sites excluding steroid dienone is 1. The lowest BCUT2D eigenvalue weighted by Crippen LogP contribution is -2.52. The van der Waals surface area contributed by atoms with E-state index in [9.17, 15) is 36.3 Å². The zero-order chi connectivity index (χ0) is 28.1. The fraction of sp³-hybridized carbons (Fsp3) is 0.360. The number of aliphatic hydroxyl groups is 1. The van der Waals surface area contributed by atoms with E-state index in [0.717, 1.165) is 24.1 Å². The zero-order valence-corrected chi connectivity index (χ0v) is 21.1. The van der Waals surface area contributed by atoms with Crippen LogP contribution in [0.4, 0.5) is 18.0 Å². The number of likely N-dealkylation sites (tertiary alicyclic amines) is 1. The van der Waals surface area contributed by atoms with Gasteiger partial charge in [0, 0.05) is 0 Å². The van der Waals surface area contributed by atoms with Crippen LogP contribution in [0.25, 0.3) is 0 Å². The van der Waals surface area contributed by atoms with Crippen molar-refractivity contribution < 1.29 is 49.9 Å². The summed E-state index contributed by atoms with van der Waals surface area (Å²) >= 11 is 0. The SMILES string of the molecule is C=CC[C@]1(COS(=O)(=O)c2ccc(C(F)(F)F)cc2)[C@@H](O)CN(C(=O)OCc2ccccc2)[C@@H]1C(=O)OC. The summed E-state index contributed by atoms with van der Waals surface area (Å²) in [4.78, 5) is 26.1. The van der Waals surface area contributed by atoms with Crippen molar-refractivity contribution in [3.63, 3.8) is 0 Å². The van der Waals surface area contributed by atoms with Gasteiger partial charge in [-0.1, -0.05) is 36.4 Å². The number of hydrogen-bond acceptors (Lipinski definition) is 8. The number of nitrogens with zero attached hydrogens (tertiary/aromatic N) is 1. The number of aliphatic hydroxyl groups excluding tert-OH is 1. The monoisotopic (exact) mass is 557 g/mol. The predicted molar refractivity (Wildman–Crippen MR) is 127 cm³/mol. The average molecular weight is 558 g/mol. The number of carbonyl (C=O) groups excluding carboxylic acids is 2. The predicted octanol–water partition coefficient (Wildman–Crippen LogP) is 3.53. The molecule has 0 bridgehead atoms. The van der Waals surface area contributed by atoms with Gasteiger partial charge in [-0.3, -0.25) is 9.08 Å². The molecule has 1 N–H and O–H groups in total. The van der Waals surface area contributed by atoms with E-state index in [1.54, 1.807) is 30.3 Å². The van der Waals surface area contributed by atoms with Gasteiger partial charge in [0.2, 0.25) is 0 Å². The fourth-order valence-electron chi connectivity index (χ4n) is 4.24. The number of amides is 1. The molecule has 3 atom stereocenters. The Morgan fingerprint density at radius 2 is 1.79 bits per heavy atom. The highest BCUT2D eigenvalue weighted by Crippen LogP contribution is 2.43. The molecule has 0 radical (unpaired) electrons. The van der Waals surface area contributed by atoms with Crippen LogP contribution in [0.1, 0.15) is 17.5 Å². The summed E-state index contributed by atoms with van der Waals surface area (Å²) in [5.74, 6) is -0.962. The summed E-state index contributed by atoms with van der Waals surface area (Å²) in [5, 5.41) is 11.0. The van der Waals surface area contributed by atoms with Crippen molar-refractivity contribution in [1.29, 1.82) is 0 Å². The van der Waals surface area contributed by atoms with E-state index in [-0.39, 0.29) is 13.0 Å². The quantitative estimate of drug-likeness (QED) is 0.283. The van der Waals surface area contributed by atoms with E-state index < -0.39 is 69.5 Å². The van der Waals surface area contributed by atoms with E-state index in [2.05, 4.69) is 6.58 Å². The number of β-amino-alcohol motifs (C(OH)–C–C–N with tert-alkyl or cyclic N) is 1. The van der Waals surface area contributed by atoms with Crippen molar-refractivity contribution in [1.82, 2.24) is 4.90 Å². The standard InChI is InChI=1S/C25H26F3NO8S/c1-3-13-24(16-37-38(33,34)19-11-9-18(10-12-19)25(26,27)28)20(30)14-29(21(24)22(31)35-2)23(32)36-15-17-7-5-4-6-8-17/h3-12,20-21,30H,1,13-16H2,2H3/t20-,21+,24-/m0/s1. The molecule has 1 saturated heterocycles. The van der Waals surface area contributed by atoms with Gasteiger partial charge < -0.3 is 14.6 Å². The third kappa shape index (κ3) is 6.17. The molecular weight excluding hydrogens is 531 g/mol. The molecule has 1 amide bonds. The second kappa shape index (κ2) is 11.5. The molecule has 0 saturated carbocycles. The van der Waals surface area contributed by atoms with Crippen molar-refractivity contribution in [2.75, 3.05) is 20.3 Å². The zero-order valence-electron chi connectivity index (χ0n) is 20.3. The molecule has 13 heteroatoms. The van der Waals surface area contributed by atoms with Gasteiger partial charge in [0.25, 0.3) is 10.1 Å². The van der Waals surface area contributed by atoms with Crippen molar-refractivity contribution in [2.24, 2.45) is 5.41 Å². The van der Waals surface area contributed by atoms with Crippen LogP contribution in [0, 0.1) is 5.41 Å². The maximum absolute atomic E-state index is 12.9. The van der Waals surface area contributed by atoms with Crippen LogP contribution >= 0.6 is 0 Å². The van der Waals surface area contributed by atoms with Gasteiger partial charge in [0.1, 0.15) is 12.6 Å². The highest BCUT2D eigenvalue weighted by atomic mass is 32.2. The molecule has 1 heterocycles. The van der Waals surface area contributed by atoms with Gasteiger partial charge in [0.05, 0.1) is 42.2 Å². The smallest absolute Gasteiger partial charge is 0.416 e. The minimum atomic E-state index is -4.67. The van der Waals surface area contributed by atoms with Crippen molar-refractivity contribution in [3.8, 4) is 0 Å². The molecule has 0 unspecified atom stereocenters. The molecule has 38 heavy (non-hydrogen) atoms. The van der Waals surface area contributed by atoms with Crippen LogP contribution in [-0.2, 0) is 41.4 Å². The Balaban J connectivity index is 1.86. The molecule has 1 fully saturated rings. The number of carbonyl (C=O) groups is 2. The highest BCUT2D eigenvalue weighted by Gasteiger charge is 2.59. The first-order valence-corrected chi connectivity index (χ1v) is 12.7. The first kappa shape index (κ1) is 29.1. The Kier molecular flexibility index (Phi) is 8.85. The Labute approximate surface area is 217 Å². The van der Waals surface area contributed by atoms with E-state index in [1.807, 2.05) is 0 Å². The minimum Gasteiger partial charge on any atom is -0.467 e. The van der Waals surface area contributed by atoms with Gasteiger partial charge >= 0.3 is 18.2 Å². The molecule has 2 aromatic rings. The van der Waals surface area contributed by atoms with Crippen LogP contribution < -0.4 is 0 Å². The maximum atomic E-state index is 12.9. The van der Waals surface area contributed by atoms with Gasteiger partial charge in [-0.15, -0.1) is 6.58 Å². The number of hydrogen-bond donors (Lipinski definition) is 1. The molecule has 1 aliphatic heterocycles. The van der Waals surface area contributed by atoms with Gasteiger partial charge in [-0.05, 0) is 36.2 Å². The Hall–Kier alpha value is -3.42. The number of ether oxygens (including phenoxy) is 2. The lowest BCUT2D eigenvalue weighted by Gasteiger charge is -2.36.